The molecule has 25 heavy (non-hydrogen) atoms. The lowest BCUT2D eigenvalue weighted by molar-refractivity contribution is -0.123. The summed E-state index contributed by atoms with van der Waals surface area (Å²) >= 11 is 1.47. The molecule has 0 aromatic heterocycles. The second-order valence-corrected chi connectivity index (χ2v) is 6.37. The lowest BCUT2D eigenvalue weighted by Gasteiger charge is -2.15. The maximum Gasteiger partial charge on any atom is 0.340 e. The average molecular weight is 365 g/mol. The summed E-state index contributed by atoms with van der Waals surface area (Å²) < 4.78 is 32.3. The molecule has 132 valence electrons. The van der Waals surface area contributed by atoms with Crippen LogP contribution in [-0.2, 0) is 9.53 Å². The van der Waals surface area contributed by atoms with Crippen molar-refractivity contribution in [3.05, 3.63) is 59.7 Å². The lowest BCUT2D eigenvalue weighted by Crippen LogP contribution is -2.30. The number of carbonyl (C=O) groups is 2. The largest absolute Gasteiger partial charge is 0.449 e. The maximum absolute atomic E-state index is 13.6. The second kappa shape index (κ2) is 8.62. The first-order chi connectivity index (χ1) is 11.9. The molecule has 2 aromatic carbocycles. The Balaban J connectivity index is 2.07. The van der Waals surface area contributed by atoms with Crippen LogP contribution in [0.15, 0.2) is 47.4 Å². The number of esters is 1. The van der Waals surface area contributed by atoms with Gasteiger partial charge in [0, 0.05) is 4.90 Å². The standard InChI is InChI=1S/C18H17F2NO3S/c1-3-25-15-10-5-4-7-12(15)18(23)24-11(2)17(22)21-16-13(19)8-6-9-14(16)20/h4-11H,3H2,1-2H3,(H,21,22)/t11-/m1/s1. The minimum atomic E-state index is -1.22. The zero-order valence-corrected chi connectivity index (χ0v) is 14.5. The summed E-state index contributed by atoms with van der Waals surface area (Å²) in [6, 6.07) is 10.1. The third-order valence-corrected chi connectivity index (χ3v) is 4.23. The van der Waals surface area contributed by atoms with Crippen LogP contribution in [0.1, 0.15) is 24.2 Å². The predicted octanol–water partition coefficient (Wildman–Crippen LogP) is 4.26. The smallest absolute Gasteiger partial charge is 0.340 e. The molecule has 0 unspecified atom stereocenters. The molecule has 0 fully saturated rings. The Labute approximate surface area is 148 Å². The normalized spacial score (nSPS) is 11.7. The highest BCUT2D eigenvalue weighted by molar-refractivity contribution is 7.99. The number of anilines is 1. The lowest BCUT2D eigenvalue weighted by atomic mass is 10.2. The van der Waals surface area contributed by atoms with Gasteiger partial charge in [-0.25, -0.2) is 13.6 Å². The van der Waals surface area contributed by atoms with Crippen LogP contribution >= 0.6 is 11.8 Å². The Kier molecular flexibility index (Phi) is 6.52. The molecule has 4 nitrogen and oxygen atoms in total. The zero-order chi connectivity index (χ0) is 18.4. The average Bonchev–Trinajstić information content (AvgIpc) is 2.58. The van der Waals surface area contributed by atoms with Crippen molar-refractivity contribution in [1.82, 2.24) is 0 Å². The number of hydrogen-bond acceptors (Lipinski definition) is 4. The van der Waals surface area contributed by atoms with Crippen molar-refractivity contribution in [2.45, 2.75) is 24.8 Å². The number of benzene rings is 2. The molecule has 1 amide bonds. The van der Waals surface area contributed by atoms with E-state index in [-0.39, 0.29) is 0 Å². The Hall–Kier alpha value is -2.41. The van der Waals surface area contributed by atoms with E-state index >= 15 is 0 Å². The fourth-order valence-electron chi connectivity index (χ4n) is 2.04. The fourth-order valence-corrected chi connectivity index (χ4v) is 2.83. The van der Waals surface area contributed by atoms with Gasteiger partial charge in [0.15, 0.2) is 6.10 Å². The van der Waals surface area contributed by atoms with Crippen molar-refractivity contribution in [3.8, 4) is 0 Å². The quantitative estimate of drug-likeness (QED) is 0.614. The predicted molar refractivity (Wildman–Crippen MR) is 92.7 cm³/mol. The minimum absolute atomic E-state index is 0.339. The van der Waals surface area contributed by atoms with Gasteiger partial charge in [-0.1, -0.05) is 25.1 Å². The molecule has 0 radical (unpaired) electrons. The summed E-state index contributed by atoms with van der Waals surface area (Å²) in [5.41, 5.74) is -0.233. The summed E-state index contributed by atoms with van der Waals surface area (Å²) in [7, 11) is 0. The molecule has 0 heterocycles. The summed E-state index contributed by atoms with van der Waals surface area (Å²) in [6.45, 7) is 3.29. The van der Waals surface area contributed by atoms with Gasteiger partial charge in [-0.3, -0.25) is 4.79 Å². The van der Waals surface area contributed by atoms with E-state index in [0.717, 1.165) is 22.8 Å². The van der Waals surface area contributed by atoms with Crippen molar-refractivity contribution in [2.24, 2.45) is 0 Å². The molecule has 0 saturated heterocycles. The van der Waals surface area contributed by atoms with Crippen LogP contribution < -0.4 is 5.32 Å². The van der Waals surface area contributed by atoms with E-state index in [2.05, 4.69) is 5.32 Å². The SMILES string of the molecule is CCSc1ccccc1C(=O)O[C@H](C)C(=O)Nc1c(F)cccc1F. The van der Waals surface area contributed by atoms with Crippen LogP contribution in [0.4, 0.5) is 14.5 Å². The Morgan fingerprint density at radius 1 is 1.12 bits per heavy atom. The summed E-state index contributed by atoms with van der Waals surface area (Å²) in [5, 5.41) is 2.10. The van der Waals surface area contributed by atoms with Gasteiger partial charge in [0.25, 0.3) is 5.91 Å². The van der Waals surface area contributed by atoms with Gasteiger partial charge in [0.1, 0.15) is 17.3 Å². The van der Waals surface area contributed by atoms with Gasteiger partial charge < -0.3 is 10.1 Å². The van der Waals surface area contributed by atoms with E-state index in [1.54, 1.807) is 24.3 Å². The van der Waals surface area contributed by atoms with Crippen LogP contribution in [0, 0.1) is 11.6 Å². The Morgan fingerprint density at radius 3 is 2.40 bits per heavy atom. The molecule has 0 aliphatic rings. The number of rotatable bonds is 6. The molecule has 1 atom stereocenters. The molecule has 2 rings (SSSR count). The molecule has 0 aliphatic carbocycles. The van der Waals surface area contributed by atoms with Crippen LogP contribution in [0.5, 0.6) is 0 Å². The van der Waals surface area contributed by atoms with Gasteiger partial charge in [-0.05, 0) is 36.9 Å². The van der Waals surface area contributed by atoms with E-state index in [1.165, 1.54) is 24.8 Å². The van der Waals surface area contributed by atoms with E-state index in [4.69, 9.17) is 4.74 Å². The first kappa shape index (κ1) is 18.9. The van der Waals surface area contributed by atoms with E-state index in [1.807, 2.05) is 6.92 Å². The topological polar surface area (TPSA) is 55.4 Å². The number of amides is 1. The van der Waals surface area contributed by atoms with Crippen LogP contribution in [0.25, 0.3) is 0 Å². The van der Waals surface area contributed by atoms with Gasteiger partial charge >= 0.3 is 5.97 Å². The van der Waals surface area contributed by atoms with Gasteiger partial charge in [0.2, 0.25) is 0 Å². The first-order valence-electron chi connectivity index (χ1n) is 7.61. The highest BCUT2D eigenvalue weighted by Gasteiger charge is 2.22. The summed E-state index contributed by atoms with van der Waals surface area (Å²) in [6.07, 6.45) is -1.22. The van der Waals surface area contributed by atoms with Gasteiger partial charge in [-0.15, -0.1) is 11.8 Å². The summed E-state index contributed by atoms with van der Waals surface area (Å²) in [5.74, 6) is -2.54. The van der Waals surface area contributed by atoms with E-state index < -0.39 is 35.3 Å². The molecule has 0 saturated carbocycles. The monoisotopic (exact) mass is 365 g/mol. The van der Waals surface area contributed by atoms with Crippen LogP contribution in [0.2, 0.25) is 0 Å². The number of thioether (sulfide) groups is 1. The number of carbonyl (C=O) groups excluding carboxylic acids is 2. The first-order valence-corrected chi connectivity index (χ1v) is 8.60. The van der Waals surface area contributed by atoms with Crippen molar-refractivity contribution in [2.75, 3.05) is 11.1 Å². The highest BCUT2D eigenvalue weighted by Crippen LogP contribution is 2.23. The van der Waals surface area contributed by atoms with Crippen LogP contribution in [-0.4, -0.2) is 23.7 Å². The van der Waals surface area contributed by atoms with E-state index in [0.29, 0.717) is 5.56 Å². The highest BCUT2D eigenvalue weighted by atomic mass is 32.2. The number of halogens is 2. The van der Waals surface area contributed by atoms with Crippen molar-refractivity contribution < 1.29 is 23.1 Å². The van der Waals surface area contributed by atoms with E-state index in [9.17, 15) is 18.4 Å². The van der Waals surface area contributed by atoms with Gasteiger partial charge in [0.05, 0.1) is 5.56 Å². The molecular formula is C18H17F2NO3S. The molecule has 2 aromatic rings. The number of nitrogens with one attached hydrogen (secondary N) is 1. The molecule has 1 N–H and O–H groups in total. The maximum atomic E-state index is 13.6. The molecule has 0 bridgehead atoms. The molecular weight excluding hydrogens is 348 g/mol. The Morgan fingerprint density at radius 2 is 1.76 bits per heavy atom. The molecule has 7 heteroatoms. The number of para-hydroxylation sites is 1. The third-order valence-electron chi connectivity index (χ3n) is 3.27. The minimum Gasteiger partial charge on any atom is -0.449 e. The molecule has 0 aliphatic heterocycles. The van der Waals surface area contributed by atoms with Gasteiger partial charge in [-0.2, -0.15) is 0 Å². The van der Waals surface area contributed by atoms with Crippen molar-refractivity contribution in [3.63, 3.8) is 0 Å². The van der Waals surface area contributed by atoms with Crippen molar-refractivity contribution >= 4 is 29.3 Å². The second-order valence-electron chi connectivity index (χ2n) is 5.06. The fraction of sp³-hybridized carbons (Fsp3) is 0.222. The van der Waals surface area contributed by atoms with Crippen LogP contribution in [0.3, 0.4) is 0 Å². The number of ether oxygens (including phenoxy) is 1. The Bertz CT molecular complexity index is 762. The number of hydrogen-bond donors (Lipinski definition) is 1. The van der Waals surface area contributed by atoms with Crippen molar-refractivity contribution in [1.29, 1.82) is 0 Å². The third kappa shape index (κ3) is 4.79. The molecule has 0 spiro atoms. The zero-order valence-electron chi connectivity index (χ0n) is 13.7. The summed E-state index contributed by atoms with van der Waals surface area (Å²) in [4.78, 5) is 25.1.